The van der Waals surface area contributed by atoms with E-state index in [4.69, 9.17) is 0 Å². The van der Waals surface area contributed by atoms with Crippen molar-refractivity contribution in [1.29, 1.82) is 0 Å². The fourth-order valence-corrected chi connectivity index (χ4v) is 3.17. The molecule has 5 heteroatoms. The van der Waals surface area contributed by atoms with Gasteiger partial charge in [-0.2, -0.15) is 0 Å². The fourth-order valence-electron chi connectivity index (χ4n) is 2.47. The molecule has 0 N–H and O–H groups in total. The van der Waals surface area contributed by atoms with E-state index in [1.807, 2.05) is 23.6 Å². The number of hydrogen-bond donors (Lipinski definition) is 0. The molecular formula is C19H17FN2OS. The van der Waals surface area contributed by atoms with Gasteiger partial charge >= 0.3 is 0 Å². The Morgan fingerprint density at radius 2 is 2.08 bits per heavy atom. The Balaban J connectivity index is 1.78. The highest BCUT2D eigenvalue weighted by atomic mass is 32.1. The highest BCUT2D eigenvalue weighted by molar-refractivity contribution is 7.09. The maximum atomic E-state index is 13.4. The van der Waals surface area contributed by atoms with Crippen LogP contribution in [0.5, 0.6) is 0 Å². The summed E-state index contributed by atoms with van der Waals surface area (Å²) in [6, 6.07) is 13.7. The van der Waals surface area contributed by atoms with E-state index >= 15 is 0 Å². The standard InChI is InChI=1S/C19H17FN2OS/c20-17-6-1-5-16(12-17)19(23)22(10-8-18-7-3-11-24-18)14-15-4-2-9-21-13-15/h1-7,9,11-13H,8,10,14H2. The lowest BCUT2D eigenvalue weighted by molar-refractivity contribution is 0.0744. The molecule has 1 aromatic carbocycles. The van der Waals surface area contributed by atoms with Crippen molar-refractivity contribution in [3.63, 3.8) is 0 Å². The first-order chi connectivity index (χ1) is 11.7. The predicted octanol–water partition coefficient (Wildman–Crippen LogP) is 4.17. The van der Waals surface area contributed by atoms with Crippen LogP contribution in [0.25, 0.3) is 0 Å². The molecular weight excluding hydrogens is 323 g/mol. The number of carbonyl (C=O) groups excluding carboxylic acids is 1. The molecule has 122 valence electrons. The van der Waals surface area contributed by atoms with Gasteiger partial charge in [-0.15, -0.1) is 11.3 Å². The Morgan fingerprint density at radius 1 is 1.17 bits per heavy atom. The molecule has 0 aliphatic heterocycles. The number of halogens is 1. The summed E-state index contributed by atoms with van der Waals surface area (Å²) < 4.78 is 13.4. The van der Waals surface area contributed by atoms with Gasteiger partial charge in [0.2, 0.25) is 0 Å². The van der Waals surface area contributed by atoms with E-state index in [1.165, 1.54) is 17.0 Å². The monoisotopic (exact) mass is 340 g/mol. The molecule has 1 amide bonds. The third kappa shape index (κ3) is 4.26. The van der Waals surface area contributed by atoms with E-state index in [0.717, 1.165) is 12.0 Å². The Hall–Kier alpha value is -2.53. The second kappa shape index (κ2) is 7.84. The molecule has 0 fully saturated rings. The number of nitrogens with zero attached hydrogens (tertiary/aromatic N) is 2. The molecule has 0 atom stereocenters. The summed E-state index contributed by atoms with van der Waals surface area (Å²) in [5, 5.41) is 2.02. The van der Waals surface area contributed by atoms with Crippen LogP contribution in [0.2, 0.25) is 0 Å². The van der Waals surface area contributed by atoms with E-state index in [-0.39, 0.29) is 5.91 Å². The van der Waals surface area contributed by atoms with Crippen molar-refractivity contribution in [2.24, 2.45) is 0 Å². The number of pyridine rings is 1. The van der Waals surface area contributed by atoms with Crippen molar-refractivity contribution >= 4 is 17.2 Å². The van der Waals surface area contributed by atoms with Crippen molar-refractivity contribution in [1.82, 2.24) is 9.88 Å². The van der Waals surface area contributed by atoms with Crippen molar-refractivity contribution < 1.29 is 9.18 Å². The molecule has 0 saturated heterocycles. The Kier molecular flexibility index (Phi) is 5.33. The van der Waals surface area contributed by atoms with Crippen molar-refractivity contribution in [3.8, 4) is 0 Å². The molecule has 0 aliphatic rings. The number of benzene rings is 1. The van der Waals surface area contributed by atoms with Gasteiger partial charge in [0.25, 0.3) is 5.91 Å². The van der Waals surface area contributed by atoms with Gasteiger partial charge in [-0.3, -0.25) is 9.78 Å². The van der Waals surface area contributed by atoms with E-state index in [1.54, 1.807) is 40.8 Å². The molecule has 0 aliphatic carbocycles. The Morgan fingerprint density at radius 3 is 2.79 bits per heavy atom. The number of carbonyl (C=O) groups is 1. The molecule has 0 bridgehead atoms. The van der Waals surface area contributed by atoms with Gasteiger partial charge in [0.1, 0.15) is 5.82 Å². The molecule has 0 radical (unpaired) electrons. The highest BCUT2D eigenvalue weighted by Gasteiger charge is 2.17. The van der Waals surface area contributed by atoms with E-state index in [9.17, 15) is 9.18 Å². The number of aromatic nitrogens is 1. The smallest absolute Gasteiger partial charge is 0.254 e. The van der Waals surface area contributed by atoms with E-state index < -0.39 is 5.82 Å². The van der Waals surface area contributed by atoms with E-state index in [2.05, 4.69) is 11.1 Å². The van der Waals surface area contributed by atoms with Crippen LogP contribution < -0.4 is 0 Å². The lowest BCUT2D eigenvalue weighted by Crippen LogP contribution is -2.32. The third-order valence-corrected chi connectivity index (χ3v) is 4.60. The van der Waals surface area contributed by atoms with Crippen LogP contribution in [0, 0.1) is 5.82 Å². The minimum absolute atomic E-state index is 0.171. The first kappa shape index (κ1) is 16.3. The van der Waals surface area contributed by atoms with Crippen molar-refractivity contribution in [2.45, 2.75) is 13.0 Å². The summed E-state index contributed by atoms with van der Waals surface area (Å²) in [5.41, 5.74) is 1.32. The summed E-state index contributed by atoms with van der Waals surface area (Å²) in [7, 11) is 0. The minimum atomic E-state index is -0.402. The number of rotatable bonds is 6. The van der Waals surface area contributed by atoms with Crippen LogP contribution >= 0.6 is 11.3 Å². The predicted molar refractivity (Wildman–Crippen MR) is 93.4 cm³/mol. The van der Waals surface area contributed by atoms with Gasteiger partial charge in [0, 0.05) is 35.9 Å². The fraction of sp³-hybridized carbons (Fsp3) is 0.158. The molecule has 24 heavy (non-hydrogen) atoms. The summed E-state index contributed by atoms with van der Waals surface area (Å²) in [6.07, 6.45) is 4.23. The van der Waals surface area contributed by atoms with Gasteiger partial charge in [-0.25, -0.2) is 4.39 Å². The van der Waals surface area contributed by atoms with Crippen LogP contribution in [0.15, 0.2) is 66.3 Å². The average molecular weight is 340 g/mol. The first-order valence-electron chi connectivity index (χ1n) is 7.68. The van der Waals surface area contributed by atoms with Gasteiger partial charge in [-0.1, -0.05) is 18.2 Å². The summed E-state index contributed by atoms with van der Waals surface area (Å²) in [5.74, 6) is -0.574. The molecule has 0 saturated carbocycles. The normalized spacial score (nSPS) is 10.5. The van der Waals surface area contributed by atoms with Gasteiger partial charge in [0.15, 0.2) is 0 Å². The highest BCUT2D eigenvalue weighted by Crippen LogP contribution is 2.14. The maximum absolute atomic E-state index is 13.4. The molecule has 3 nitrogen and oxygen atoms in total. The molecule has 0 spiro atoms. The molecule has 3 rings (SSSR count). The summed E-state index contributed by atoms with van der Waals surface area (Å²) in [4.78, 5) is 19.9. The van der Waals surface area contributed by atoms with Crippen LogP contribution in [-0.4, -0.2) is 22.3 Å². The summed E-state index contributed by atoms with van der Waals surface area (Å²) >= 11 is 1.67. The van der Waals surface area contributed by atoms with Gasteiger partial charge in [-0.05, 0) is 47.7 Å². The zero-order valence-corrected chi connectivity index (χ0v) is 13.9. The molecule has 3 aromatic rings. The second-order valence-corrected chi connectivity index (χ2v) is 6.46. The quantitative estimate of drug-likeness (QED) is 0.675. The topological polar surface area (TPSA) is 33.2 Å². The maximum Gasteiger partial charge on any atom is 0.254 e. The van der Waals surface area contributed by atoms with Crippen molar-refractivity contribution in [2.75, 3.05) is 6.54 Å². The third-order valence-electron chi connectivity index (χ3n) is 3.66. The van der Waals surface area contributed by atoms with Gasteiger partial charge < -0.3 is 4.90 Å². The second-order valence-electron chi connectivity index (χ2n) is 5.43. The Labute approximate surface area is 144 Å². The van der Waals surface area contributed by atoms with Crippen LogP contribution in [-0.2, 0) is 13.0 Å². The first-order valence-corrected chi connectivity index (χ1v) is 8.56. The van der Waals surface area contributed by atoms with Crippen LogP contribution in [0.1, 0.15) is 20.8 Å². The molecule has 2 aromatic heterocycles. The minimum Gasteiger partial charge on any atom is -0.334 e. The lowest BCUT2D eigenvalue weighted by atomic mass is 10.1. The van der Waals surface area contributed by atoms with E-state index in [0.29, 0.717) is 18.7 Å². The average Bonchev–Trinajstić information content (AvgIpc) is 3.12. The summed E-state index contributed by atoms with van der Waals surface area (Å²) in [6.45, 7) is 1.03. The zero-order chi connectivity index (χ0) is 16.8. The SMILES string of the molecule is O=C(c1cccc(F)c1)N(CCc1cccs1)Cc1cccnc1. The van der Waals surface area contributed by atoms with Crippen LogP contribution in [0.3, 0.4) is 0 Å². The largest absolute Gasteiger partial charge is 0.334 e. The molecule has 0 unspecified atom stereocenters. The zero-order valence-electron chi connectivity index (χ0n) is 13.1. The number of hydrogen-bond acceptors (Lipinski definition) is 3. The number of thiophene rings is 1. The lowest BCUT2D eigenvalue weighted by Gasteiger charge is -2.22. The van der Waals surface area contributed by atoms with Gasteiger partial charge in [0.05, 0.1) is 0 Å². The molecule has 2 heterocycles. The number of amides is 1. The Bertz CT molecular complexity index is 790. The van der Waals surface area contributed by atoms with Crippen LogP contribution in [0.4, 0.5) is 4.39 Å². The van der Waals surface area contributed by atoms with Crippen molar-refractivity contribution in [3.05, 3.63) is 88.1 Å².